The van der Waals surface area contributed by atoms with E-state index >= 15 is 0 Å². The normalized spacial score (nSPS) is 12.4. The number of pyridine rings is 1. The van der Waals surface area contributed by atoms with E-state index in [-0.39, 0.29) is 11.7 Å². The molecule has 0 spiro atoms. The number of hydrogen-bond acceptors (Lipinski definition) is 5. The Hall–Kier alpha value is -4.20. The third kappa shape index (κ3) is 5.94. The highest BCUT2D eigenvalue weighted by molar-refractivity contribution is 5.95. The van der Waals surface area contributed by atoms with Gasteiger partial charge in [0.05, 0.1) is 13.0 Å². The van der Waals surface area contributed by atoms with Gasteiger partial charge in [-0.15, -0.1) is 0 Å². The Bertz CT molecular complexity index is 1140. The lowest BCUT2D eigenvalue weighted by Crippen LogP contribution is -2.42. The second kappa shape index (κ2) is 10.4. The molecule has 8 heteroatoms. The predicted molar refractivity (Wildman–Crippen MR) is 123 cm³/mol. The molecule has 0 fully saturated rings. The molecule has 0 aliphatic heterocycles. The zero-order valence-electron chi connectivity index (χ0n) is 18.5. The van der Waals surface area contributed by atoms with Crippen LogP contribution in [0.25, 0.3) is 11.1 Å². The van der Waals surface area contributed by atoms with Crippen molar-refractivity contribution in [1.82, 2.24) is 5.32 Å². The largest absolute Gasteiger partial charge is 0.469 e. The molecule has 1 heterocycles. The van der Waals surface area contributed by atoms with Crippen LogP contribution in [-0.4, -0.2) is 36.1 Å². The first-order valence-electron chi connectivity index (χ1n) is 10.4. The summed E-state index contributed by atoms with van der Waals surface area (Å²) in [5.41, 5.74) is 9.21. The van der Waals surface area contributed by atoms with Crippen molar-refractivity contribution in [3.63, 3.8) is 0 Å². The number of methoxy groups -OCH3 is 1. The number of nitrogens with zero attached hydrogens (tertiary/aromatic N) is 1. The van der Waals surface area contributed by atoms with Crippen LogP contribution in [0.3, 0.4) is 0 Å². The molecule has 5 N–H and O–H groups in total. The maximum Gasteiger partial charge on any atom is 0.311 e. The SMILES string of the molecule is COC(=O)[C@H](Cc1cccc(C(=N)N)c1)[C@@H](C)NC(=O)c1ccc(-c2cc[n+](O)cc2)cc1. The number of carbonyl (C=O) groups excluding carboxylic acids is 2. The van der Waals surface area contributed by atoms with Crippen molar-refractivity contribution in [3.05, 3.63) is 89.7 Å². The summed E-state index contributed by atoms with van der Waals surface area (Å²) in [4.78, 5) is 25.3. The average molecular weight is 448 g/mol. The van der Waals surface area contributed by atoms with E-state index in [1.807, 2.05) is 18.2 Å². The third-order valence-corrected chi connectivity index (χ3v) is 5.45. The first-order valence-corrected chi connectivity index (χ1v) is 10.4. The highest BCUT2D eigenvalue weighted by Gasteiger charge is 2.28. The topological polar surface area (TPSA) is 129 Å². The molecular weight excluding hydrogens is 420 g/mol. The number of carbonyl (C=O) groups is 2. The summed E-state index contributed by atoms with van der Waals surface area (Å²) in [7, 11) is 1.32. The predicted octanol–water partition coefficient (Wildman–Crippen LogP) is 2.31. The number of rotatable bonds is 8. The Morgan fingerprint density at radius 1 is 1.06 bits per heavy atom. The van der Waals surface area contributed by atoms with E-state index in [2.05, 4.69) is 5.32 Å². The smallest absolute Gasteiger partial charge is 0.311 e. The molecule has 8 nitrogen and oxygen atoms in total. The van der Waals surface area contributed by atoms with Crippen molar-refractivity contribution in [3.8, 4) is 11.1 Å². The van der Waals surface area contributed by atoms with Gasteiger partial charge in [-0.05, 0) is 48.2 Å². The molecule has 0 saturated heterocycles. The molecule has 0 aliphatic carbocycles. The Kier molecular flexibility index (Phi) is 7.40. The Labute approximate surface area is 192 Å². The standard InChI is InChI=1S/C25H26N4O4/c1-16(22(25(31)33-2)15-17-4-3-5-21(14-17)23(26)27)28-24(30)20-8-6-18(7-9-20)19-10-12-29(32)13-11-19/h3-14,16,22H,15H2,1-2H3,(H4-,26,27,28,30,32)/p+1/t16-,22-/m1/s1. The molecule has 0 radical (unpaired) electrons. The molecule has 170 valence electrons. The van der Waals surface area contributed by atoms with Gasteiger partial charge in [0.2, 0.25) is 12.4 Å². The maximum absolute atomic E-state index is 12.8. The van der Waals surface area contributed by atoms with Crippen LogP contribution in [-0.2, 0) is 16.0 Å². The number of esters is 1. The molecule has 0 unspecified atom stereocenters. The first-order chi connectivity index (χ1) is 15.8. The molecule has 1 aromatic heterocycles. The second-order valence-electron chi connectivity index (χ2n) is 7.75. The van der Waals surface area contributed by atoms with E-state index in [1.165, 1.54) is 19.5 Å². The summed E-state index contributed by atoms with van der Waals surface area (Å²) >= 11 is 0. The Morgan fingerprint density at radius 2 is 1.70 bits per heavy atom. The lowest BCUT2D eigenvalue weighted by Gasteiger charge is -2.23. The van der Waals surface area contributed by atoms with Gasteiger partial charge >= 0.3 is 5.97 Å². The highest BCUT2D eigenvalue weighted by Crippen LogP contribution is 2.20. The lowest BCUT2D eigenvalue weighted by atomic mass is 9.92. The van der Waals surface area contributed by atoms with Crippen molar-refractivity contribution >= 4 is 17.7 Å². The minimum Gasteiger partial charge on any atom is -0.469 e. The Balaban J connectivity index is 1.72. The molecule has 3 rings (SSSR count). The number of nitrogens with two attached hydrogens (primary N) is 1. The number of nitrogens with one attached hydrogen (secondary N) is 2. The quantitative estimate of drug-likeness (QED) is 0.138. The fraction of sp³-hybridized carbons (Fsp3) is 0.200. The second-order valence-corrected chi connectivity index (χ2v) is 7.75. The Morgan fingerprint density at radius 3 is 2.30 bits per heavy atom. The molecular formula is C25H27N4O4+. The fourth-order valence-electron chi connectivity index (χ4n) is 3.55. The number of amidine groups is 1. The van der Waals surface area contributed by atoms with E-state index < -0.39 is 17.9 Å². The van der Waals surface area contributed by atoms with Crippen molar-refractivity contribution < 1.29 is 24.3 Å². The first kappa shape index (κ1) is 23.5. The van der Waals surface area contributed by atoms with Crippen LogP contribution in [0.15, 0.2) is 73.1 Å². The van der Waals surface area contributed by atoms with E-state index in [4.69, 9.17) is 15.9 Å². The summed E-state index contributed by atoms with van der Waals surface area (Å²) in [6.45, 7) is 1.76. The van der Waals surface area contributed by atoms with Gasteiger partial charge in [-0.25, -0.2) is 0 Å². The van der Waals surface area contributed by atoms with E-state index in [1.54, 1.807) is 49.4 Å². The van der Waals surface area contributed by atoms with E-state index in [0.29, 0.717) is 17.5 Å². The number of nitrogen functional groups attached to an aromatic ring is 1. The van der Waals surface area contributed by atoms with Crippen molar-refractivity contribution in [2.75, 3.05) is 7.11 Å². The van der Waals surface area contributed by atoms with Crippen LogP contribution >= 0.6 is 0 Å². The van der Waals surface area contributed by atoms with Gasteiger partial charge in [0.15, 0.2) is 0 Å². The van der Waals surface area contributed by atoms with E-state index in [0.717, 1.165) is 21.4 Å². The summed E-state index contributed by atoms with van der Waals surface area (Å²) in [5, 5.41) is 19.8. The minimum absolute atomic E-state index is 0.0534. The van der Waals surface area contributed by atoms with Gasteiger partial charge < -0.3 is 15.8 Å². The maximum atomic E-state index is 12.8. The van der Waals surface area contributed by atoms with Crippen LogP contribution in [0.5, 0.6) is 0 Å². The summed E-state index contributed by atoms with van der Waals surface area (Å²) in [6.07, 6.45) is 3.38. The van der Waals surface area contributed by atoms with Crippen molar-refractivity contribution in [1.29, 1.82) is 5.41 Å². The fourth-order valence-corrected chi connectivity index (χ4v) is 3.55. The summed E-state index contributed by atoms with van der Waals surface area (Å²) < 4.78 is 5.93. The minimum atomic E-state index is -0.616. The molecule has 3 aromatic rings. The van der Waals surface area contributed by atoms with Gasteiger partial charge in [0, 0.05) is 34.0 Å². The highest BCUT2D eigenvalue weighted by atomic mass is 16.5. The van der Waals surface area contributed by atoms with Crippen LogP contribution in [0.2, 0.25) is 0 Å². The molecule has 33 heavy (non-hydrogen) atoms. The third-order valence-electron chi connectivity index (χ3n) is 5.45. The van der Waals surface area contributed by atoms with Crippen molar-refractivity contribution in [2.45, 2.75) is 19.4 Å². The summed E-state index contributed by atoms with van der Waals surface area (Å²) in [6, 6.07) is 17.2. The van der Waals surface area contributed by atoms with Crippen LogP contribution in [0.4, 0.5) is 0 Å². The number of amides is 1. The van der Waals surface area contributed by atoms with Crippen LogP contribution < -0.4 is 15.8 Å². The number of aromatic nitrogens is 1. The molecule has 2 aromatic carbocycles. The summed E-state index contributed by atoms with van der Waals surface area (Å²) in [5.74, 6) is -1.41. The van der Waals surface area contributed by atoms with Gasteiger partial charge in [0.1, 0.15) is 5.84 Å². The molecule has 1 amide bonds. The van der Waals surface area contributed by atoms with Gasteiger partial charge in [-0.1, -0.05) is 30.3 Å². The average Bonchev–Trinajstić information content (AvgIpc) is 2.82. The monoisotopic (exact) mass is 447 g/mol. The van der Waals surface area contributed by atoms with E-state index in [9.17, 15) is 14.8 Å². The molecule has 0 aliphatic rings. The zero-order valence-corrected chi connectivity index (χ0v) is 18.5. The number of ether oxygens (including phenoxy) is 1. The van der Waals surface area contributed by atoms with Gasteiger partial charge in [-0.2, -0.15) is 0 Å². The van der Waals surface area contributed by atoms with Gasteiger partial charge in [0.25, 0.3) is 5.91 Å². The lowest BCUT2D eigenvalue weighted by molar-refractivity contribution is -0.904. The number of hydrogen-bond donors (Lipinski definition) is 4. The molecule has 2 atom stereocenters. The van der Waals surface area contributed by atoms with Crippen LogP contribution in [0, 0.1) is 11.3 Å². The van der Waals surface area contributed by atoms with Crippen molar-refractivity contribution in [2.24, 2.45) is 11.7 Å². The zero-order chi connectivity index (χ0) is 24.0. The molecule has 0 saturated carbocycles. The number of benzene rings is 2. The van der Waals surface area contributed by atoms with Gasteiger partial charge in [-0.3, -0.25) is 20.2 Å². The molecule has 0 bridgehead atoms. The van der Waals surface area contributed by atoms with Crippen LogP contribution in [0.1, 0.15) is 28.4 Å².